The van der Waals surface area contributed by atoms with Crippen LogP contribution in [0.25, 0.3) is 11.3 Å². The van der Waals surface area contributed by atoms with Gasteiger partial charge in [-0.3, -0.25) is 0 Å². The maximum atomic E-state index is 14.1. The third kappa shape index (κ3) is 4.79. The molecule has 178 valence electrons. The Bertz CT molecular complexity index is 1220. The van der Waals surface area contributed by atoms with E-state index >= 15 is 0 Å². The van der Waals surface area contributed by atoms with E-state index in [1.165, 1.54) is 24.1 Å². The van der Waals surface area contributed by atoms with Crippen molar-refractivity contribution in [3.8, 4) is 17.3 Å². The Kier molecular flexibility index (Phi) is 7.47. The van der Waals surface area contributed by atoms with E-state index in [1.54, 1.807) is 31.3 Å². The maximum absolute atomic E-state index is 14.1. The normalized spacial score (nSPS) is 24.7. The predicted molar refractivity (Wildman–Crippen MR) is 122 cm³/mol. The molecule has 0 aliphatic carbocycles. The molecule has 0 spiro atoms. The summed E-state index contributed by atoms with van der Waals surface area (Å²) in [6.07, 6.45) is 0.0264. The summed E-state index contributed by atoms with van der Waals surface area (Å²) in [6.45, 7) is 1.20. The highest BCUT2D eigenvalue weighted by molar-refractivity contribution is 7.99. The summed E-state index contributed by atoms with van der Waals surface area (Å²) in [4.78, 5) is 4.49. The van der Waals surface area contributed by atoms with Crippen LogP contribution in [0.1, 0.15) is 17.3 Å². The molecule has 1 saturated heterocycles. The van der Waals surface area contributed by atoms with Crippen LogP contribution in [0.2, 0.25) is 5.02 Å². The van der Waals surface area contributed by atoms with Gasteiger partial charge in [0.1, 0.15) is 47.4 Å². The Balaban J connectivity index is 1.68. The topological polar surface area (TPSA) is 126 Å². The fourth-order valence-electron chi connectivity index (χ4n) is 3.74. The highest BCUT2D eigenvalue weighted by atomic mass is 35.5. The van der Waals surface area contributed by atoms with Crippen LogP contribution in [-0.4, -0.2) is 67.7 Å². The largest absolute Gasteiger partial charge is 0.394 e. The van der Waals surface area contributed by atoms with E-state index in [1.807, 2.05) is 6.07 Å². The quantitative estimate of drug-likeness (QED) is 0.519. The van der Waals surface area contributed by atoms with Gasteiger partial charge in [-0.25, -0.2) is 14.1 Å². The molecule has 5 atom stereocenters. The van der Waals surface area contributed by atoms with Gasteiger partial charge in [0.15, 0.2) is 5.69 Å². The first-order valence-corrected chi connectivity index (χ1v) is 11.5. The van der Waals surface area contributed by atoms with Crippen molar-refractivity contribution in [1.29, 1.82) is 5.26 Å². The number of aromatic nitrogens is 4. The summed E-state index contributed by atoms with van der Waals surface area (Å²) >= 11 is 7.20. The zero-order chi connectivity index (χ0) is 24.4. The number of aliphatic hydroxyl groups excluding tert-OH is 2. The number of aliphatic hydroxyl groups is 2. The Morgan fingerprint density at radius 3 is 2.85 bits per heavy atom. The second-order valence-corrected chi connectivity index (χ2v) is 9.26. The summed E-state index contributed by atoms with van der Waals surface area (Å²) in [7, 11) is 1.45. The molecule has 1 aliphatic heterocycles. The van der Waals surface area contributed by atoms with Crippen molar-refractivity contribution >= 4 is 23.4 Å². The summed E-state index contributed by atoms with van der Waals surface area (Å²) in [5.74, 6) is -0.367. The molecule has 1 aliphatic rings. The molecule has 34 heavy (non-hydrogen) atoms. The van der Waals surface area contributed by atoms with Gasteiger partial charge in [0.25, 0.3) is 0 Å². The van der Waals surface area contributed by atoms with Gasteiger partial charge in [-0.05, 0) is 24.6 Å². The number of nitrogens with zero attached hydrogens (tertiary/aromatic N) is 5. The minimum atomic E-state index is -1.19. The standard InChI is InChI=1S/C22H21ClFN5O4S/c1-11-3-4-12(5-14(11)24)16-9-29(28-27-16)19-20(31)17(10-30)33-22(21(19)32-2)34-18-6-13(23)8-26-15(18)7-25/h3-6,8-9,17,19-22,30-31H,10H2,1-2H3. The van der Waals surface area contributed by atoms with E-state index < -0.39 is 36.4 Å². The number of aryl methyl sites for hydroxylation is 1. The fourth-order valence-corrected chi connectivity index (χ4v) is 5.22. The van der Waals surface area contributed by atoms with Gasteiger partial charge in [-0.15, -0.1) is 5.10 Å². The molecule has 12 heteroatoms. The molecule has 2 aromatic heterocycles. The molecule has 0 amide bonds. The highest BCUT2D eigenvalue weighted by Crippen LogP contribution is 2.40. The van der Waals surface area contributed by atoms with Gasteiger partial charge in [0.2, 0.25) is 0 Å². The van der Waals surface area contributed by atoms with E-state index in [4.69, 9.17) is 21.1 Å². The summed E-state index contributed by atoms with van der Waals surface area (Å²) in [5.41, 5.74) is 0.836. The zero-order valence-corrected chi connectivity index (χ0v) is 19.7. The average molecular weight is 506 g/mol. The minimum Gasteiger partial charge on any atom is -0.394 e. The van der Waals surface area contributed by atoms with Gasteiger partial charge < -0.3 is 19.7 Å². The van der Waals surface area contributed by atoms with Crippen LogP contribution in [-0.2, 0) is 9.47 Å². The third-order valence-corrected chi connectivity index (χ3v) is 6.93. The lowest BCUT2D eigenvalue weighted by Gasteiger charge is -2.43. The smallest absolute Gasteiger partial charge is 0.154 e. The Hall–Kier alpha value is -2.59. The predicted octanol–water partition coefficient (Wildman–Crippen LogP) is 2.74. The van der Waals surface area contributed by atoms with Crippen LogP contribution < -0.4 is 0 Å². The Morgan fingerprint density at radius 1 is 1.38 bits per heavy atom. The van der Waals surface area contributed by atoms with E-state index in [2.05, 4.69) is 15.3 Å². The van der Waals surface area contributed by atoms with Crippen LogP contribution in [0.4, 0.5) is 4.39 Å². The lowest BCUT2D eigenvalue weighted by molar-refractivity contribution is -0.186. The van der Waals surface area contributed by atoms with Crippen LogP contribution in [0.15, 0.2) is 41.6 Å². The first kappa shape index (κ1) is 24.5. The van der Waals surface area contributed by atoms with Crippen LogP contribution in [0, 0.1) is 24.1 Å². The van der Waals surface area contributed by atoms with Crippen molar-refractivity contribution in [2.75, 3.05) is 13.7 Å². The van der Waals surface area contributed by atoms with Crippen molar-refractivity contribution in [1.82, 2.24) is 20.0 Å². The van der Waals surface area contributed by atoms with Gasteiger partial charge in [0.05, 0.1) is 17.8 Å². The number of methoxy groups -OCH3 is 1. The monoisotopic (exact) mass is 505 g/mol. The van der Waals surface area contributed by atoms with E-state index in [0.29, 0.717) is 26.7 Å². The van der Waals surface area contributed by atoms with Gasteiger partial charge in [-0.2, -0.15) is 5.26 Å². The van der Waals surface area contributed by atoms with Gasteiger partial charge in [-0.1, -0.05) is 40.7 Å². The minimum absolute atomic E-state index is 0.153. The number of benzene rings is 1. The molecule has 2 N–H and O–H groups in total. The molecular formula is C22H21ClFN5O4S. The molecular weight excluding hydrogens is 485 g/mol. The molecule has 3 aromatic rings. The number of ether oxygens (including phenoxy) is 2. The molecule has 3 heterocycles. The number of rotatable bonds is 6. The van der Waals surface area contributed by atoms with E-state index in [9.17, 15) is 19.9 Å². The molecule has 1 aromatic carbocycles. The van der Waals surface area contributed by atoms with Crippen molar-refractivity contribution in [2.24, 2.45) is 0 Å². The second-order valence-electron chi connectivity index (χ2n) is 7.68. The van der Waals surface area contributed by atoms with Gasteiger partial charge in [0, 0.05) is 23.8 Å². The first-order chi connectivity index (χ1) is 16.4. The zero-order valence-electron chi connectivity index (χ0n) is 18.2. The summed E-state index contributed by atoms with van der Waals surface area (Å²) < 4.78 is 27.1. The number of hydrogen-bond acceptors (Lipinski definition) is 9. The van der Waals surface area contributed by atoms with Crippen molar-refractivity contribution in [2.45, 2.75) is 41.6 Å². The maximum Gasteiger partial charge on any atom is 0.154 e. The number of pyridine rings is 1. The number of thioether (sulfide) groups is 1. The third-order valence-electron chi connectivity index (χ3n) is 5.55. The van der Waals surface area contributed by atoms with E-state index in [0.717, 1.165) is 11.8 Å². The average Bonchev–Trinajstić information content (AvgIpc) is 3.31. The highest BCUT2D eigenvalue weighted by Gasteiger charge is 2.47. The van der Waals surface area contributed by atoms with E-state index in [-0.39, 0.29) is 11.5 Å². The van der Waals surface area contributed by atoms with Gasteiger partial charge >= 0.3 is 0 Å². The molecule has 9 nitrogen and oxygen atoms in total. The molecule has 4 rings (SSSR count). The van der Waals surface area contributed by atoms with Crippen LogP contribution in [0.3, 0.4) is 0 Å². The van der Waals surface area contributed by atoms with Crippen molar-refractivity contribution in [3.63, 3.8) is 0 Å². The molecule has 0 radical (unpaired) electrons. The number of halogens is 2. The van der Waals surface area contributed by atoms with Crippen LogP contribution >= 0.6 is 23.4 Å². The molecule has 0 saturated carbocycles. The second kappa shape index (κ2) is 10.4. The lowest BCUT2D eigenvalue weighted by Crippen LogP contribution is -2.55. The van der Waals surface area contributed by atoms with Crippen molar-refractivity contribution in [3.05, 3.63) is 58.8 Å². The molecule has 1 fully saturated rings. The number of nitriles is 1. The van der Waals surface area contributed by atoms with Crippen molar-refractivity contribution < 1.29 is 24.1 Å². The SMILES string of the molecule is COC1C(Sc2cc(Cl)cnc2C#N)OC(CO)C(O)C1n1cc(-c2ccc(C)c(F)c2)nn1. The Labute approximate surface area is 204 Å². The van der Waals surface area contributed by atoms with Crippen LogP contribution in [0.5, 0.6) is 0 Å². The Morgan fingerprint density at radius 2 is 2.18 bits per heavy atom. The summed E-state index contributed by atoms with van der Waals surface area (Å²) in [5, 5.41) is 38.8. The first-order valence-electron chi connectivity index (χ1n) is 10.2. The fraction of sp³-hybridized carbons (Fsp3) is 0.364. The number of hydrogen-bond donors (Lipinski definition) is 2. The molecule has 0 bridgehead atoms. The lowest BCUT2D eigenvalue weighted by atomic mass is 9.97. The molecule has 5 unspecified atom stereocenters. The summed E-state index contributed by atoms with van der Waals surface area (Å²) in [6, 6.07) is 7.53.